The molecule has 1 unspecified atom stereocenters. The van der Waals surface area contributed by atoms with Crippen molar-refractivity contribution in [2.45, 2.75) is 59.4 Å². The number of hydrogen-bond donors (Lipinski definition) is 3. The van der Waals surface area contributed by atoms with Crippen molar-refractivity contribution in [1.82, 2.24) is 15.4 Å². The van der Waals surface area contributed by atoms with Gasteiger partial charge in [0.2, 0.25) is 10.0 Å². The van der Waals surface area contributed by atoms with Crippen LogP contribution in [0.5, 0.6) is 0 Å². The molecule has 0 rings (SSSR count). The molecule has 0 aromatic rings. The van der Waals surface area contributed by atoms with E-state index in [1.807, 2.05) is 0 Å². The third-order valence-corrected chi connectivity index (χ3v) is 4.78. The van der Waals surface area contributed by atoms with Gasteiger partial charge in [-0.1, -0.05) is 26.7 Å². The Morgan fingerprint density at radius 1 is 1.09 bits per heavy atom. The summed E-state index contributed by atoms with van der Waals surface area (Å²) in [4.78, 5) is 4.19. The van der Waals surface area contributed by atoms with Gasteiger partial charge in [-0.05, 0) is 32.6 Å². The molecular formula is C15H35IN4O2S. The third kappa shape index (κ3) is 15.2. The molecule has 0 aliphatic rings. The van der Waals surface area contributed by atoms with Crippen LogP contribution in [-0.2, 0) is 10.0 Å². The maximum Gasteiger partial charge on any atom is 0.211 e. The van der Waals surface area contributed by atoms with Crippen LogP contribution in [0.15, 0.2) is 4.99 Å². The van der Waals surface area contributed by atoms with E-state index >= 15 is 0 Å². The quantitative estimate of drug-likeness (QED) is 0.191. The molecule has 8 heteroatoms. The van der Waals surface area contributed by atoms with E-state index in [1.165, 1.54) is 12.8 Å². The first-order valence-corrected chi connectivity index (χ1v) is 9.90. The van der Waals surface area contributed by atoms with Crippen molar-refractivity contribution in [3.63, 3.8) is 0 Å². The predicted octanol–water partition coefficient (Wildman–Crippen LogP) is 2.31. The molecule has 0 spiro atoms. The van der Waals surface area contributed by atoms with Crippen LogP contribution in [-0.4, -0.2) is 46.3 Å². The standard InChI is InChI=1S/C15H34N4O2S.HI/c1-6-22(20,21)18-12-8-11-17-15(16-5)19-14(4)10-7-9-13(2)3;/h13-14,18H,6-12H2,1-5H3,(H2,16,17,19);1H. The highest BCUT2D eigenvalue weighted by atomic mass is 127. The molecule has 0 aromatic carbocycles. The number of hydrogen-bond acceptors (Lipinski definition) is 3. The molecule has 23 heavy (non-hydrogen) atoms. The molecule has 0 fully saturated rings. The minimum atomic E-state index is -3.09. The van der Waals surface area contributed by atoms with E-state index in [1.54, 1.807) is 14.0 Å². The average molecular weight is 462 g/mol. The number of aliphatic imine (C=N–C) groups is 1. The first kappa shape index (κ1) is 25.2. The van der Waals surface area contributed by atoms with Crippen molar-refractivity contribution in [3.8, 4) is 0 Å². The molecule has 6 nitrogen and oxygen atoms in total. The Labute approximate surface area is 159 Å². The molecule has 0 amide bonds. The molecular weight excluding hydrogens is 427 g/mol. The topological polar surface area (TPSA) is 82.6 Å². The van der Waals surface area contributed by atoms with Gasteiger partial charge in [0, 0.05) is 26.2 Å². The molecule has 3 N–H and O–H groups in total. The van der Waals surface area contributed by atoms with Gasteiger partial charge in [0.05, 0.1) is 5.75 Å². The third-order valence-electron chi connectivity index (χ3n) is 3.37. The molecule has 0 aliphatic heterocycles. The predicted molar refractivity (Wildman–Crippen MR) is 110 cm³/mol. The highest BCUT2D eigenvalue weighted by Gasteiger charge is 2.07. The Kier molecular flexibility index (Phi) is 15.6. The lowest BCUT2D eigenvalue weighted by Crippen LogP contribution is -2.43. The summed E-state index contributed by atoms with van der Waals surface area (Å²) in [6.07, 6.45) is 4.30. The largest absolute Gasteiger partial charge is 0.356 e. The molecule has 0 heterocycles. The molecule has 0 saturated heterocycles. The molecule has 0 bridgehead atoms. The van der Waals surface area contributed by atoms with Crippen molar-refractivity contribution < 1.29 is 8.42 Å². The van der Waals surface area contributed by atoms with Crippen molar-refractivity contribution in [3.05, 3.63) is 0 Å². The number of nitrogens with zero attached hydrogens (tertiary/aromatic N) is 1. The maximum atomic E-state index is 11.3. The van der Waals surface area contributed by atoms with Gasteiger partial charge < -0.3 is 10.6 Å². The highest BCUT2D eigenvalue weighted by molar-refractivity contribution is 14.0. The van der Waals surface area contributed by atoms with Gasteiger partial charge in [-0.15, -0.1) is 24.0 Å². The van der Waals surface area contributed by atoms with Crippen LogP contribution in [0.3, 0.4) is 0 Å². The van der Waals surface area contributed by atoms with Crippen LogP contribution in [0, 0.1) is 5.92 Å². The lowest BCUT2D eigenvalue weighted by Gasteiger charge is -2.18. The lowest BCUT2D eigenvalue weighted by molar-refractivity contribution is 0.491. The van der Waals surface area contributed by atoms with Gasteiger partial charge in [-0.2, -0.15) is 0 Å². The van der Waals surface area contributed by atoms with E-state index in [0.29, 0.717) is 19.1 Å². The van der Waals surface area contributed by atoms with Crippen LogP contribution >= 0.6 is 24.0 Å². The zero-order valence-electron chi connectivity index (χ0n) is 15.2. The van der Waals surface area contributed by atoms with E-state index in [0.717, 1.165) is 24.7 Å². The Morgan fingerprint density at radius 2 is 1.74 bits per heavy atom. The molecule has 0 saturated carbocycles. The number of nitrogens with one attached hydrogen (secondary N) is 3. The lowest BCUT2D eigenvalue weighted by atomic mass is 10.0. The van der Waals surface area contributed by atoms with Gasteiger partial charge >= 0.3 is 0 Å². The minimum Gasteiger partial charge on any atom is -0.356 e. The van der Waals surface area contributed by atoms with Crippen LogP contribution < -0.4 is 15.4 Å². The number of sulfonamides is 1. The maximum absolute atomic E-state index is 11.3. The summed E-state index contributed by atoms with van der Waals surface area (Å²) in [5, 5.41) is 6.57. The molecule has 0 aromatic heterocycles. The summed E-state index contributed by atoms with van der Waals surface area (Å²) >= 11 is 0. The smallest absolute Gasteiger partial charge is 0.211 e. The van der Waals surface area contributed by atoms with Gasteiger partial charge in [0.25, 0.3) is 0 Å². The molecule has 0 radical (unpaired) electrons. The SMILES string of the molecule is CCS(=O)(=O)NCCCNC(=NC)NC(C)CCCC(C)C.I. The Morgan fingerprint density at radius 3 is 2.26 bits per heavy atom. The first-order chi connectivity index (χ1) is 10.3. The summed E-state index contributed by atoms with van der Waals surface area (Å²) in [5.41, 5.74) is 0. The normalized spacial score (nSPS) is 13.6. The van der Waals surface area contributed by atoms with E-state index in [-0.39, 0.29) is 29.7 Å². The van der Waals surface area contributed by atoms with E-state index in [4.69, 9.17) is 0 Å². The second kappa shape index (κ2) is 14.3. The summed E-state index contributed by atoms with van der Waals surface area (Å²) in [6, 6.07) is 0.378. The van der Waals surface area contributed by atoms with Crippen molar-refractivity contribution >= 4 is 40.0 Å². The van der Waals surface area contributed by atoms with Crippen molar-refractivity contribution in [1.29, 1.82) is 0 Å². The second-order valence-corrected chi connectivity index (χ2v) is 8.12. The van der Waals surface area contributed by atoms with E-state index in [9.17, 15) is 8.42 Å². The van der Waals surface area contributed by atoms with Gasteiger partial charge in [-0.3, -0.25) is 4.99 Å². The van der Waals surface area contributed by atoms with Crippen molar-refractivity contribution in [2.75, 3.05) is 25.9 Å². The van der Waals surface area contributed by atoms with Gasteiger partial charge in [-0.25, -0.2) is 13.1 Å². The number of guanidine groups is 1. The molecule has 1 atom stereocenters. The summed E-state index contributed by atoms with van der Waals surface area (Å²) in [7, 11) is -1.34. The number of halogens is 1. The minimum absolute atomic E-state index is 0. The summed E-state index contributed by atoms with van der Waals surface area (Å²) in [5.74, 6) is 1.64. The van der Waals surface area contributed by atoms with E-state index in [2.05, 4.69) is 41.1 Å². The second-order valence-electron chi connectivity index (χ2n) is 6.02. The molecule has 0 aliphatic carbocycles. The average Bonchev–Trinajstić information content (AvgIpc) is 2.45. The fourth-order valence-corrected chi connectivity index (χ4v) is 2.62. The van der Waals surface area contributed by atoms with Crippen LogP contribution in [0.2, 0.25) is 0 Å². The Bertz CT molecular complexity index is 414. The summed E-state index contributed by atoms with van der Waals surface area (Å²) in [6.45, 7) is 9.40. The monoisotopic (exact) mass is 462 g/mol. The van der Waals surface area contributed by atoms with Crippen LogP contribution in [0.1, 0.15) is 53.4 Å². The summed E-state index contributed by atoms with van der Waals surface area (Å²) < 4.78 is 25.1. The number of rotatable bonds is 11. The van der Waals surface area contributed by atoms with E-state index < -0.39 is 10.0 Å². The molecule has 140 valence electrons. The van der Waals surface area contributed by atoms with Crippen LogP contribution in [0.4, 0.5) is 0 Å². The first-order valence-electron chi connectivity index (χ1n) is 8.25. The van der Waals surface area contributed by atoms with Gasteiger partial charge in [0.15, 0.2) is 5.96 Å². The Balaban J connectivity index is 0. The zero-order valence-corrected chi connectivity index (χ0v) is 18.3. The highest BCUT2D eigenvalue weighted by Crippen LogP contribution is 2.07. The van der Waals surface area contributed by atoms with Gasteiger partial charge in [0.1, 0.15) is 0 Å². The van der Waals surface area contributed by atoms with Crippen LogP contribution in [0.25, 0.3) is 0 Å². The zero-order chi connectivity index (χ0) is 17.0. The Hall–Kier alpha value is -0.0900. The van der Waals surface area contributed by atoms with Crippen molar-refractivity contribution in [2.24, 2.45) is 10.9 Å². The fourth-order valence-electron chi connectivity index (χ4n) is 1.96. The fraction of sp³-hybridized carbons (Fsp3) is 0.933.